The lowest BCUT2D eigenvalue weighted by Gasteiger charge is -2.14. The summed E-state index contributed by atoms with van der Waals surface area (Å²) in [5.41, 5.74) is -0.0551. The Hall–Kier alpha value is -3.62. The highest BCUT2D eigenvalue weighted by atomic mass is 19.2. The van der Waals surface area contributed by atoms with Gasteiger partial charge in [0.1, 0.15) is 0 Å². The molecule has 1 heterocycles. The van der Waals surface area contributed by atoms with Crippen LogP contribution in [0.25, 0.3) is 10.8 Å². The number of fused-ring (bicyclic) bond motifs is 1. The van der Waals surface area contributed by atoms with Gasteiger partial charge in [0.25, 0.3) is 11.5 Å². The van der Waals surface area contributed by atoms with Crippen LogP contribution in [0.4, 0.5) is 14.5 Å². The Morgan fingerprint density at radius 3 is 2.57 bits per heavy atom. The van der Waals surface area contributed by atoms with Crippen molar-refractivity contribution in [1.82, 2.24) is 10.2 Å². The predicted molar refractivity (Wildman–Crippen MR) is 96.6 cm³/mol. The van der Waals surface area contributed by atoms with E-state index in [0.717, 1.165) is 12.1 Å². The molecule has 0 bridgehead atoms. The van der Waals surface area contributed by atoms with Crippen LogP contribution in [-0.4, -0.2) is 28.2 Å². The van der Waals surface area contributed by atoms with E-state index < -0.39 is 29.6 Å². The summed E-state index contributed by atoms with van der Waals surface area (Å²) in [7, 11) is 0. The largest absolute Gasteiger partial charge is 0.452 e. The van der Waals surface area contributed by atoms with E-state index in [-0.39, 0.29) is 17.7 Å². The Morgan fingerprint density at radius 1 is 1.14 bits per heavy atom. The monoisotopic (exact) mass is 387 g/mol. The highest BCUT2D eigenvalue weighted by Gasteiger charge is 2.20. The molecule has 2 aromatic carbocycles. The zero-order valence-corrected chi connectivity index (χ0v) is 14.7. The molecule has 1 atom stereocenters. The predicted octanol–water partition coefficient (Wildman–Crippen LogP) is 2.31. The molecule has 0 spiro atoms. The smallest absolute Gasteiger partial charge is 0.312 e. The van der Waals surface area contributed by atoms with Crippen molar-refractivity contribution in [3.63, 3.8) is 0 Å². The number of hydrogen-bond donors (Lipinski definition) is 2. The van der Waals surface area contributed by atoms with Gasteiger partial charge in [-0.2, -0.15) is 5.10 Å². The van der Waals surface area contributed by atoms with Crippen molar-refractivity contribution in [2.45, 2.75) is 19.4 Å². The first-order valence-electron chi connectivity index (χ1n) is 8.27. The van der Waals surface area contributed by atoms with Gasteiger partial charge in [0.15, 0.2) is 17.7 Å². The number of hydrogen-bond acceptors (Lipinski definition) is 5. The molecule has 0 aliphatic heterocycles. The summed E-state index contributed by atoms with van der Waals surface area (Å²) < 4.78 is 31.2. The van der Waals surface area contributed by atoms with Crippen LogP contribution in [0.1, 0.15) is 12.6 Å². The lowest BCUT2D eigenvalue weighted by molar-refractivity contribution is -0.152. The summed E-state index contributed by atoms with van der Waals surface area (Å²) in [6, 6.07) is 9.51. The molecule has 3 rings (SSSR count). The minimum absolute atomic E-state index is 0.0279. The summed E-state index contributed by atoms with van der Waals surface area (Å²) in [4.78, 5) is 36.0. The first-order chi connectivity index (χ1) is 13.3. The standard InChI is InChI=1S/C19H15F2N3O4/c1-10(18(26)22-11-6-7-14(20)15(21)8-11)28-17(25)9-16-12-4-2-3-5-13(12)19(27)24-23-16/h2-8,10H,9H2,1H3,(H,22,26)(H,24,27)/t10-/m0/s1. The molecule has 9 heteroatoms. The van der Waals surface area contributed by atoms with E-state index in [2.05, 4.69) is 15.5 Å². The van der Waals surface area contributed by atoms with Crippen LogP contribution in [0.3, 0.4) is 0 Å². The van der Waals surface area contributed by atoms with Crippen LogP contribution in [0.5, 0.6) is 0 Å². The van der Waals surface area contributed by atoms with E-state index in [1.165, 1.54) is 13.0 Å². The average Bonchev–Trinajstić information content (AvgIpc) is 2.67. The second-order valence-corrected chi connectivity index (χ2v) is 5.97. The van der Waals surface area contributed by atoms with Gasteiger partial charge in [0.2, 0.25) is 0 Å². The Labute approximate surface area is 157 Å². The number of ether oxygens (including phenoxy) is 1. The van der Waals surface area contributed by atoms with Crippen molar-refractivity contribution in [1.29, 1.82) is 0 Å². The fraction of sp³-hybridized carbons (Fsp3) is 0.158. The van der Waals surface area contributed by atoms with Gasteiger partial charge in [0.05, 0.1) is 17.5 Å². The summed E-state index contributed by atoms with van der Waals surface area (Å²) in [5.74, 6) is -3.60. The molecule has 0 aliphatic carbocycles. The molecule has 144 valence electrons. The number of carbonyl (C=O) groups is 2. The van der Waals surface area contributed by atoms with Gasteiger partial charge in [-0.3, -0.25) is 14.4 Å². The fourth-order valence-electron chi connectivity index (χ4n) is 2.55. The number of rotatable bonds is 5. The number of aromatic amines is 1. The molecule has 7 nitrogen and oxygen atoms in total. The molecule has 0 radical (unpaired) electrons. The quantitative estimate of drug-likeness (QED) is 0.655. The van der Waals surface area contributed by atoms with E-state index in [4.69, 9.17) is 4.74 Å². The number of benzene rings is 2. The number of nitrogens with one attached hydrogen (secondary N) is 2. The van der Waals surface area contributed by atoms with Gasteiger partial charge in [-0.05, 0) is 25.1 Å². The Morgan fingerprint density at radius 2 is 1.86 bits per heavy atom. The maximum Gasteiger partial charge on any atom is 0.312 e. The SMILES string of the molecule is C[C@H](OC(=O)Cc1n[nH]c(=O)c2ccccc12)C(=O)Nc1ccc(F)c(F)c1. The van der Waals surface area contributed by atoms with E-state index in [0.29, 0.717) is 16.5 Å². The first kappa shape index (κ1) is 19.2. The third kappa shape index (κ3) is 4.20. The van der Waals surface area contributed by atoms with Crippen molar-refractivity contribution >= 4 is 28.3 Å². The van der Waals surface area contributed by atoms with Crippen LogP contribution < -0.4 is 10.9 Å². The molecule has 3 aromatic rings. The van der Waals surface area contributed by atoms with Crippen LogP contribution in [0, 0.1) is 11.6 Å². The van der Waals surface area contributed by atoms with Gasteiger partial charge in [-0.15, -0.1) is 0 Å². The lowest BCUT2D eigenvalue weighted by atomic mass is 10.1. The number of amides is 1. The minimum atomic E-state index is -1.19. The van der Waals surface area contributed by atoms with Gasteiger partial charge >= 0.3 is 5.97 Å². The van der Waals surface area contributed by atoms with Crippen LogP contribution >= 0.6 is 0 Å². The maximum atomic E-state index is 13.2. The van der Waals surface area contributed by atoms with Crippen LogP contribution in [0.15, 0.2) is 47.3 Å². The lowest BCUT2D eigenvalue weighted by Crippen LogP contribution is -2.30. The van der Waals surface area contributed by atoms with Crippen LogP contribution in [0.2, 0.25) is 0 Å². The number of anilines is 1. The Balaban J connectivity index is 1.66. The summed E-state index contributed by atoms with van der Waals surface area (Å²) in [6.45, 7) is 1.34. The van der Waals surface area contributed by atoms with Gasteiger partial charge in [-0.1, -0.05) is 18.2 Å². The van der Waals surface area contributed by atoms with Crippen molar-refractivity contribution < 1.29 is 23.1 Å². The fourth-order valence-corrected chi connectivity index (χ4v) is 2.55. The number of nitrogens with zero attached hydrogens (tertiary/aromatic N) is 1. The average molecular weight is 387 g/mol. The zero-order chi connectivity index (χ0) is 20.3. The summed E-state index contributed by atoms with van der Waals surface area (Å²) >= 11 is 0. The van der Waals surface area contributed by atoms with Crippen LogP contribution in [-0.2, 0) is 20.7 Å². The third-order valence-electron chi connectivity index (χ3n) is 3.95. The molecule has 0 unspecified atom stereocenters. The third-order valence-corrected chi connectivity index (χ3v) is 3.95. The molecule has 0 saturated heterocycles. The van der Waals surface area contributed by atoms with E-state index in [1.807, 2.05) is 0 Å². The highest BCUT2D eigenvalue weighted by Crippen LogP contribution is 2.15. The molecular formula is C19H15F2N3O4. The second kappa shape index (κ2) is 7.95. The zero-order valence-electron chi connectivity index (χ0n) is 14.7. The van der Waals surface area contributed by atoms with Gasteiger partial charge in [0, 0.05) is 17.1 Å². The van der Waals surface area contributed by atoms with Crippen molar-refractivity contribution in [3.8, 4) is 0 Å². The van der Waals surface area contributed by atoms with Crippen molar-refractivity contribution in [2.24, 2.45) is 0 Å². The van der Waals surface area contributed by atoms with Crippen molar-refractivity contribution in [3.05, 3.63) is 70.1 Å². The Kier molecular flexibility index (Phi) is 5.44. The first-order valence-corrected chi connectivity index (χ1v) is 8.27. The summed E-state index contributed by atoms with van der Waals surface area (Å²) in [6.07, 6.45) is -1.45. The molecule has 0 aliphatic rings. The minimum Gasteiger partial charge on any atom is -0.452 e. The number of H-pyrrole nitrogens is 1. The highest BCUT2D eigenvalue weighted by molar-refractivity contribution is 5.95. The number of esters is 1. The second-order valence-electron chi connectivity index (χ2n) is 5.97. The van der Waals surface area contributed by atoms with E-state index >= 15 is 0 Å². The molecular weight excluding hydrogens is 372 g/mol. The number of carbonyl (C=O) groups excluding carboxylic acids is 2. The topological polar surface area (TPSA) is 101 Å². The van der Waals surface area contributed by atoms with E-state index in [1.54, 1.807) is 24.3 Å². The maximum absolute atomic E-state index is 13.2. The number of aromatic nitrogens is 2. The molecule has 0 fully saturated rings. The molecule has 2 N–H and O–H groups in total. The van der Waals surface area contributed by atoms with Gasteiger partial charge < -0.3 is 10.1 Å². The molecule has 0 saturated carbocycles. The summed E-state index contributed by atoms with van der Waals surface area (Å²) in [5, 5.41) is 9.39. The van der Waals surface area contributed by atoms with Gasteiger partial charge in [-0.25, -0.2) is 13.9 Å². The number of halogens is 2. The normalized spacial score (nSPS) is 11.8. The van der Waals surface area contributed by atoms with E-state index in [9.17, 15) is 23.2 Å². The molecule has 1 aromatic heterocycles. The Bertz CT molecular complexity index is 1110. The molecule has 28 heavy (non-hydrogen) atoms. The van der Waals surface area contributed by atoms with Crippen molar-refractivity contribution in [2.75, 3.05) is 5.32 Å². The molecule has 1 amide bonds.